The highest BCUT2D eigenvalue weighted by atomic mass is 32.2. The first-order valence-corrected chi connectivity index (χ1v) is 14.0. The number of ketones is 1. The number of rotatable bonds is 12. The average molecular weight is 567 g/mol. The van der Waals surface area contributed by atoms with E-state index in [0.717, 1.165) is 4.90 Å². The Labute approximate surface area is 243 Å². The maximum Gasteiger partial charge on any atom is 0.272 e. The zero-order valence-corrected chi connectivity index (χ0v) is 23.6. The van der Waals surface area contributed by atoms with E-state index in [1.54, 1.807) is 92.0 Å². The second-order valence-electron chi connectivity index (χ2n) is 8.81. The summed E-state index contributed by atoms with van der Waals surface area (Å²) < 4.78 is 10.7. The number of ether oxygens (including phenoxy) is 2. The van der Waals surface area contributed by atoms with Crippen LogP contribution in [0.25, 0.3) is 6.08 Å². The van der Waals surface area contributed by atoms with Gasteiger partial charge >= 0.3 is 0 Å². The minimum Gasteiger partial charge on any atom is -0.497 e. The van der Waals surface area contributed by atoms with Crippen LogP contribution in [0.2, 0.25) is 0 Å². The van der Waals surface area contributed by atoms with Gasteiger partial charge in [0.15, 0.2) is 5.78 Å². The summed E-state index contributed by atoms with van der Waals surface area (Å²) in [4.78, 5) is 39.8. The summed E-state index contributed by atoms with van der Waals surface area (Å²) in [5, 5.41) is 5.61. The van der Waals surface area contributed by atoms with Crippen LogP contribution in [-0.4, -0.2) is 37.1 Å². The summed E-state index contributed by atoms with van der Waals surface area (Å²) in [6, 6.07) is 30.1. The van der Waals surface area contributed by atoms with Crippen molar-refractivity contribution in [3.63, 3.8) is 0 Å². The number of methoxy groups -OCH3 is 1. The molecule has 0 aromatic heterocycles. The molecular weight excluding hydrogens is 536 g/mol. The third-order valence-corrected chi connectivity index (χ3v) is 6.88. The first-order chi connectivity index (χ1) is 19.9. The molecule has 0 radical (unpaired) electrons. The molecule has 0 saturated carbocycles. The molecule has 8 heteroatoms. The molecule has 2 N–H and O–H groups in total. The Morgan fingerprint density at radius 3 is 2.27 bits per heavy atom. The van der Waals surface area contributed by atoms with Crippen LogP contribution in [0, 0.1) is 0 Å². The van der Waals surface area contributed by atoms with Crippen LogP contribution >= 0.6 is 11.8 Å². The van der Waals surface area contributed by atoms with E-state index in [9.17, 15) is 14.4 Å². The third-order valence-electron chi connectivity index (χ3n) is 5.88. The number of amides is 2. The van der Waals surface area contributed by atoms with Gasteiger partial charge in [0.1, 0.15) is 17.2 Å². The quantitative estimate of drug-likeness (QED) is 0.116. The molecule has 0 saturated heterocycles. The van der Waals surface area contributed by atoms with E-state index in [-0.39, 0.29) is 17.2 Å². The zero-order valence-electron chi connectivity index (χ0n) is 22.8. The Bertz CT molecular complexity index is 1540. The highest BCUT2D eigenvalue weighted by Crippen LogP contribution is 2.24. The number of benzene rings is 4. The fourth-order valence-electron chi connectivity index (χ4n) is 3.83. The summed E-state index contributed by atoms with van der Waals surface area (Å²) in [7, 11) is 1.56. The Balaban J connectivity index is 1.49. The molecule has 0 fully saturated rings. The number of carbonyl (C=O) groups is 3. The van der Waals surface area contributed by atoms with Crippen molar-refractivity contribution in [1.29, 1.82) is 0 Å². The van der Waals surface area contributed by atoms with Gasteiger partial charge in [-0.15, -0.1) is 11.8 Å². The summed E-state index contributed by atoms with van der Waals surface area (Å²) in [6.45, 7) is 2.45. The fourth-order valence-corrected chi connectivity index (χ4v) is 4.68. The molecule has 7 nitrogen and oxygen atoms in total. The normalized spacial score (nSPS) is 10.9. The summed E-state index contributed by atoms with van der Waals surface area (Å²) in [5.41, 5.74) is 2.32. The van der Waals surface area contributed by atoms with Crippen molar-refractivity contribution >= 4 is 41.1 Å². The molecule has 0 spiro atoms. The molecule has 41 heavy (non-hydrogen) atoms. The first-order valence-electron chi connectivity index (χ1n) is 13.0. The van der Waals surface area contributed by atoms with E-state index >= 15 is 0 Å². The highest BCUT2D eigenvalue weighted by Gasteiger charge is 2.16. The summed E-state index contributed by atoms with van der Waals surface area (Å²) >= 11 is 1.36. The molecule has 2 amide bonds. The molecular formula is C33H30N2O5S. The number of hydrogen-bond donors (Lipinski definition) is 2. The van der Waals surface area contributed by atoms with Gasteiger partial charge in [-0.25, -0.2) is 0 Å². The Kier molecular flexibility index (Phi) is 10.3. The van der Waals surface area contributed by atoms with Crippen LogP contribution in [0.4, 0.5) is 5.69 Å². The molecule has 0 aliphatic carbocycles. The second kappa shape index (κ2) is 14.5. The Morgan fingerprint density at radius 2 is 1.54 bits per heavy atom. The van der Waals surface area contributed by atoms with Gasteiger partial charge in [-0.3, -0.25) is 14.4 Å². The van der Waals surface area contributed by atoms with E-state index in [2.05, 4.69) is 10.6 Å². The van der Waals surface area contributed by atoms with Gasteiger partial charge in [-0.2, -0.15) is 0 Å². The largest absolute Gasteiger partial charge is 0.497 e. The average Bonchev–Trinajstić information content (AvgIpc) is 3.01. The number of anilines is 1. The molecule has 4 rings (SSSR count). The molecule has 0 unspecified atom stereocenters. The van der Waals surface area contributed by atoms with Gasteiger partial charge in [-0.1, -0.05) is 48.5 Å². The monoisotopic (exact) mass is 566 g/mol. The predicted octanol–water partition coefficient (Wildman–Crippen LogP) is 6.48. The van der Waals surface area contributed by atoms with Crippen molar-refractivity contribution < 1.29 is 23.9 Å². The third kappa shape index (κ3) is 8.58. The van der Waals surface area contributed by atoms with Crippen LogP contribution in [-0.2, 0) is 4.79 Å². The van der Waals surface area contributed by atoms with Gasteiger partial charge in [-0.05, 0) is 73.2 Å². The van der Waals surface area contributed by atoms with Gasteiger partial charge < -0.3 is 20.1 Å². The summed E-state index contributed by atoms with van der Waals surface area (Å²) in [5.74, 6) is 0.631. The predicted molar refractivity (Wildman–Crippen MR) is 163 cm³/mol. The van der Waals surface area contributed by atoms with Gasteiger partial charge in [0, 0.05) is 21.7 Å². The standard InChI is InChI=1S/C33H30N2O5S/c1-3-40-27-17-15-23(16-18-27)19-30(35-32(37)24-9-5-4-6-10-24)33(38)34-26-12-8-14-29(21-26)41-22-31(36)25-11-7-13-28(20-25)39-2/h4-21H,3,22H2,1-2H3,(H,34,38)(H,35,37)/b30-19-. The van der Waals surface area contributed by atoms with Gasteiger partial charge in [0.25, 0.3) is 11.8 Å². The van der Waals surface area contributed by atoms with Crippen LogP contribution in [0.3, 0.4) is 0 Å². The lowest BCUT2D eigenvalue weighted by Crippen LogP contribution is -2.30. The van der Waals surface area contributed by atoms with Crippen molar-refractivity contribution in [3.05, 3.63) is 126 Å². The van der Waals surface area contributed by atoms with Crippen LogP contribution < -0.4 is 20.1 Å². The number of thioether (sulfide) groups is 1. The lowest BCUT2D eigenvalue weighted by Gasteiger charge is -2.12. The molecule has 4 aromatic rings. The minimum absolute atomic E-state index is 0.0347. The van der Waals surface area contributed by atoms with Gasteiger partial charge in [0.05, 0.1) is 19.5 Å². The molecule has 0 atom stereocenters. The first kappa shape index (κ1) is 29.2. The second-order valence-corrected chi connectivity index (χ2v) is 9.85. The molecule has 0 heterocycles. The van der Waals surface area contributed by atoms with E-state index in [0.29, 0.717) is 40.5 Å². The molecule has 208 valence electrons. The van der Waals surface area contributed by atoms with Crippen LogP contribution in [0.15, 0.2) is 114 Å². The zero-order chi connectivity index (χ0) is 29.0. The van der Waals surface area contributed by atoms with Crippen molar-refractivity contribution in [2.45, 2.75) is 11.8 Å². The minimum atomic E-state index is -0.488. The van der Waals surface area contributed by atoms with Crippen LogP contribution in [0.1, 0.15) is 33.2 Å². The Morgan fingerprint density at radius 1 is 0.805 bits per heavy atom. The van der Waals surface area contributed by atoms with E-state index < -0.39 is 11.8 Å². The van der Waals surface area contributed by atoms with E-state index in [1.807, 2.05) is 31.2 Å². The molecule has 0 aliphatic heterocycles. The van der Waals surface area contributed by atoms with Gasteiger partial charge in [0.2, 0.25) is 0 Å². The number of Topliss-reactive ketones (excluding diaryl/α,β-unsaturated/α-hetero) is 1. The Hall–Kier alpha value is -4.82. The van der Waals surface area contributed by atoms with E-state index in [4.69, 9.17) is 9.47 Å². The molecule has 4 aromatic carbocycles. The topological polar surface area (TPSA) is 93.7 Å². The smallest absolute Gasteiger partial charge is 0.272 e. The lowest BCUT2D eigenvalue weighted by atomic mass is 10.1. The SMILES string of the molecule is CCOc1ccc(/C=C(\NC(=O)c2ccccc2)C(=O)Nc2cccc(SCC(=O)c3cccc(OC)c3)c2)cc1. The van der Waals surface area contributed by atoms with Crippen molar-refractivity contribution in [2.75, 3.05) is 24.8 Å². The van der Waals surface area contributed by atoms with Crippen molar-refractivity contribution in [1.82, 2.24) is 5.32 Å². The van der Waals surface area contributed by atoms with E-state index in [1.165, 1.54) is 11.8 Å². The lowest BCUT2D eigenvalue weighted by molar-refractivity contribution is -0.113. The highest BCUT2D eigenvalue weighted by molar-refractivity contribution is 8.00. The maximum atomic E-state index is 13.4. The molecule has 0 aliphatic rings. The molecule has 0 bridgehead atoms. The maximum absolute atomic E-state index is 13.4. The van der Waals surface area contributed by atoms with Crippen molar-refractivity contribution in [2.24, 2.45) is 0 Å². The number of nitrogens with one attached hydrogen (secondary N) is 2. The fraction of sp³-hybridized carbons (Fsp3) is 0.121. The summed E-state index contributed by atoms with van der Waals surface area (Å²) in [6.07, 6.45) is 1.61. The van der Waals surface area contributed by atoms with Crippen LogP contribution in [0.5, 0.6) is 11.5 Å². The number of hydrogen-bond acceptors (Lipinski definition) is 6. The van der Waals surface area contributed by atoms with Crippen molar-refractivity contribution in [3.8, 4) is 11.5 Å². The number of carbonyl (C=O) groups excluding carboxylic acids is 3.